The number of carbonyl (C=O) groups is 1. The van der Waals surface area contributed by atoms with Crippen molar-refractivity contribution in [1.29, 1.82) is 0 Å². The first-order chi connectivity index (χ1) is 12.5. The van der Waals surface area contributed by atoms with E-state index in [1.807, 2.05) is 11.9 Å². The van der Waals surface area contributed by atoms with Gasteiger partial charge in [-0.2, -0.15) is 0 Å². The number of benzene rings is 1. The molecule has 140 valence electrons. The van der Waals surface area contributed by atoms with E-state index in [9.17, 15) is 9.18 Å². The third-order valence-electron chi connectivity index (χ3n) is 5.00. The van der Waals surface area contributed by atoms with Crippen LogP contribution < -0.4 is 5.84 Å². The molecule has 0 unspecified atom stereocenters. The van der Waals surface area contributed by atoms with Crippen molar-refractivity contribution in [2.24, 2.45) is 5.92 Å². The fourth-order valence-electron chi connectivity index (χ4n) is 3.26. The highest BCUT2D eigenvalue weighted by atomic mass is 32.2. The van der Waals surface area contributed by atoms with Crippen LogP contribution in [0, 0.1) is 11.7 Å². The van der Waals surface area contributed by atoms with Crippen LogP contribution in [0.2, 0.25) is 0 Å². The van der Waals surface area contributed by atoms with Crippen LogP contribution in [-0.2, 0) is 4.79 Å². The number of carbonyl (C=O) groups excluding carboxylic acids is 1. The van der Waals surface area contributed by atoms with Crippen molar-refractivity contribution in [1.82, 2.24) is 19.8 Å². The molecule has 1 fully saturated rings. The third-order valence-corrected chi connectivity index (χ3v) is 5.93. The molecule has 0 spiro atoms. The Balaban J connectivity index is 1.60. The van der Waals surface area contributed by atoms with Crippen molar-refractivity contribution in [3.8, 4) is 11.4 Å². The predicted octanol–water partition coefficient (Wildman–Crippen LogP) is 2.93. The highest BCUT2D eigenvalue weighted by Crippen LogP contribution is 2.27. The van der Waals surface area contributed by atoms with Crippen LogP contribution in [0.1, 0.15) is 32.6 Å². The van der Waals surface area contributed by atoms with Crippen molar-refractivity contribution < 1.29 is 9.18 Å². The molecule has 26 heavy (non-hydrogen) atoms. The van der Waals surface area contributed by atoms with Gasteiger partial charge in [0.2, 0.25) is 11.1 Å². The number of thioether (sulfide) groups is 1. The Morgan fingerprint density at radius 3 is 2.77 bits per heavy atom. The van der Waals surface area contributed by atoms with Crippen LogP contribution in [0.5, 0.6) is 0 Å². The lowest BCUT2D eigenvalue weighted by atomic mass is 9.87. The molecule has 1 aliphatic carbocycles. The zero-order valence-electron chi connectivity index (χ0n) is 15.1. The van der Waals surface area contributed by atoms with Crippen LogP contribution in [0.4, 0.5) is 4.39 Å². The summed E-state index contributed by atoms with van der Waals surface area (Å²) in [5.74, 6) is 7.10. The highest BCUT2D eigenvalue weighted by Gasteiger charge is 2.25. The van der Waals surface area contributed by atoms with E-state index in [2.05, 4.69) is 17.1 Å². The zero-order chi connectivity index (χ0) is 18.7. The van der Waals surface area contributed by atoms with Gasteiger partial charge in [0.15, 0.2) is 5.82 Å². The highest BCUT2D eigenvalue weighted by molar-refractivity contribution is 7.99. The van der Waals surface area contributed by atoms with Crippen LogP contribution in [0.15, 0.2) is 29.4 Å². The minimum absolute atomic E-state index is 0.0601. The molecule has 2 N–H and O–H groups in total. The first-order valence-electron chi connectivity index (χ1n) is 8.80. The summed E-state index contributed by atoms with van der Waals surface area (Å²) in [7, 11) is 1.87. The lowest BCUT2D eigenvalue weighted by Gasteiger charge is -2.33. The van der Waals surface area contributed by atoms with Crippen molar-refractivity contribution in [2.45, 2.75) is 43.8 Å². The molecular formula is C18H24FN5OS. The lowest BCUT2D eigenvalue weighted by Crippen LogP contribution is -2.40. The Morgan fingerprint density at radius 2 is 2.08 bits per heavy atom. The van der Waals surface area contributed by atoms with Gasteiger partial charge >= 0.3 is 0 Å². The van der Waals surface area contributed by atoms with Gasteiger partial charge in [-0.05, 0) is 43.7 Å². The fourth-order valence-corrected chi connectivity index (χ4v) is 4.04. The molecule has 0 bridgehead atoms. The number of amides is 1. The van der Waals surface area contributed by atoms with Crippen molar-refractivity contribution >= 4 is 17.7 Å². The molecule has 1 amide bonds. The van der Waals surface area contributed by atoms with Gasteiger partial charge in [0, 0.05) is 18.7 Å². The maximum Gasteiger partial charge on any atom is 0.233 e. The van der Waals surface area contributed by atoms with Gasteiger partial charge in [0.25, 0.3) is 0 Å². The first kappa shape index (κ1) is 18.7. The minimum atomic E-state index is -0.363. The summed E-state index contributed by atoms with van der Waals surface area (Å²) >= 11 is 1.25. The maximum absolute atomic E-state index is 13.4. The van der Waals surface area contributed by atoms with Gasteiger partial charge in [-0.1, -0.05) is 30.8 Å². The normalized spacial score (nSPS) is 20.1. The molecule has 1 saturated carbocycles. The summed E-state index contributed by atoms with van der Waals surface area (Å²) in [6, 6.07) is 6.34. The molecule has 1 aliphatic rings. The molecule has 0 saturated heterocycles. The number of aromatic nitrogens is 3. The molecular weight excluding hydrogens is 353 g/mol. The Morgan fingerprint density at radius 1 is 1.35 bits per heavy atom. The van der Waals surface area contributed by atoms with E-state index in [1.54, 1.807) is 12.1 Å². The second-order valence-electron chi connectivity index (χ2n) is 6.89. The summed E-state index contributed by atoms with van der Waals surface area (Å²) in [5.41, 5.74) is 0.548. The Kier molecular flexibility index (Phi) is 5.80. The average Bonchev–Trinajstić information content (AvgIpc) is 3.00. The number of hydrogen-bond donors (Lipinski definition) is 1. The van der Waals surface area contributed by atoms with Crippen molar-refractivity contribution in [2.75, 3.05) is 18.6 Å². The lowest BCUT2D eigenvalue weighted by molar-refractivity contribution is -0.129. The van der Waals surface area contributed by atoms with E-state index in [0.717, 1.165) is 18.8 Å². The smallest absolute Gasteiger partial charge is 0.233 e. The van der Waals surface area contributed by atoms with Crippen LogP contribution in [0.25, 0.3) is 11.4 Å². The largest absolute Gasteiger partial charge is 0.342 e. The molecule has 8 heteroatoms. The standard InChI is InChI=1S/C18H24FN5OS/c1-12-6-8-15(9-7-12)23(2)16(25)11-26-18-22-21-17(24(18)20)13-4-3-5-14(19)10-13/h3-5,10,12,15H,6-9,11,20H2,1-2H3. The topological polar surface area (TPSA) is 77.0 Å². The molecule has 1 aromatic heterocycles. The van der Waals surface area contributed by atoms with E-state index < -0.39 is 0 Å². The van der Waals surface area contributed by atoms with Crippen molar-refractivity contribution in [3.05, 3.63) is 30.1 Å². The van der Waals surface area contributed by atoms with E-state index in [1.165, 1.54) is 41.4 Å². The summed E-state index contributed by atoms with van der Waals surface area (Å²) in [5, 5.41) is 8.49. The second kappa shape index (κ2) is 8.07. The molecule has 3 rings (SSSR count). The third kappa shape index (κ3) is 4.17. The van der Waals surface area contributed by atoms with E-state index in [4.69, 9.17) is 5.84 Å². The Hall–Kier alpha value is -2.09. The first-order valence-corrected chi connectivity index (χ1v) is 9.79. The Bertz CT molecular complexity index is 773. The Labute approximate surface area is 156 Å². The van der Waals surface area contributed by atoms with E-state index in [-0.39, 0.29) is 17.5 Å². The molecule has 0 aliphatic heterocycles. The second-order valence-corrected chi connectivity index (χ2v) is 7.84. The van der Waals surface area contributed by atoms with Gasteiger partial charge in [0.05, 0.1) is 5.75 Å². The molecule has 1 heterocycles. The van der Waals surface area contributed by atoms with Crippen LogP contribution in [-0.4, -0.2) is 44.5 Å². The van der Waals surface area contributed by atoms with Gasteiger partial charge in [-0.3, -0.25) is 4.79 Å². The van der Waals surface area contributed by atoms with E-state index >= 15 is 0 Å². The summed E-state index contributed by atoms with van der Waals surface area (Å²) < 4.78 is 14.7. The number of nitrogens with two attached hydrogens (primary N) is 1. The number of hydrogen-bond acceptors (Lipinski definition) is 5. The SMILES string of the molecule is CC1CCC(N(C)C(=O)CSc2nnc(-c3cccc(F)c3)n2N)CC1. The quantitative estimate of drug-likeness (QED) is 0.640. The summed E-state index contributed by atoms with van der Waals surface area (Å²) in [6.45, 7) is 2.26. The number of nitrogens with zero attached hydrogens (tertiary/aromatic N) is 4. The average molecular weight is 377 g/mol. The minimum Gasteiger partial charge on any atom is -0.342 e. The van der Waals surface area contributed by atoms with Crippen molar-refractivity contribution in [3.63, 3.8) is 0 Å². The van der Waals surface area contributed by atoms with E-state index in [0.29, 0.717) is 22.6 Å². The molecule has 0 atom stereocenters. The van der Waals surface area contributed by atoms with Crippen LogP contribution >= 0.6 is 11.8 Å². The van der Waals surface area contributed by atoms with Gasteiger partial charge < -0.3 is 10.7 Å². The molecule has 6 nitrogen and oxygen atoms in total. The zero-order valence-corrected chi connectivity index (χ0v) is 15.9. The van der Waals surface area contributed by atoms with Gasteiger partial charge in [0.1, 0.15) is 5.82 Å². The van der Waals surface area contributed by atoms with Gasteiger partial charge in [-0.15, -0.1) is 10.2 Å². The maximum atomic E-state index is 13.4. The molecule has 2 aromatic rings. The van der Waals surface area contributed by atoms with Gasteiger partial charge in [-0.25, -0.2) is 9.07 Å². The molecule has 1 aromatic carbocycles. The number of rotatable bonds is 5. The summed E-state index contributed by atoms with van der Waals surface area (Å²) in [6.07, 6.45) is 4.46. The molecule has 0 radical (unpaired) electrons. The summed E-state index contributed by atoms with van der Waals surface area (Å²) in [4.78, 5) is 14.3. The predicted molar refractivity (Wildman–Crippen MR) is 100 cm³/mol. The number of nitrogen functional groups attached to an aromatic ring is 1. The monoisotopic (exact) mass is 377 g/mol. The van der Waals surface area contributed by atoms with Crippen LogP contribution in [0.3, 0.4) is 0 Å². The number of halogens is 1. The fraction of sp³-hybridized carbons (Fsp3) is 0.500.